The van der Waals surface area contributed by atoms with Gasteiger partial charge in [-0.15, -0.1) is 11.3 Å². The molecule has 9 nitrogen and oxygen atoms in total. The van der Waals surface area contributed by atoms with Gasteiger partial charge in [-0.05, 0) is 49.9 Å². The van der Waals surface area contributed by atoms with Crippen LogP contribution in [0.3, 0.4) is 0 Å². The number of nitrogens with zero attached hydrogens (tertiary/aromatic N) is 5. The van der Waals surface area contributed by atoms with Crippen LogP contribution in [-0.2, 0) is 4.74 Å². The third-order valence-corrected chi connectivity index (χ3v) is 6.44. The Kier molecular flexibility index (Phi) is 7.12. The molecule has 1 fully saturated rings. The van der Waals surface area contributed by atoms with Gasteiger partial charge in [-0.25, -0.2) is 19.7 Å². The van der Waals surface area contributed by atoms with Gasteiger partial charge in [0, 0.05) is 36.6 Å². The SMILES string of the molecule is CCOC(=O)c1cc(-c2cnc(Nc3cnc(C#N)cn3)cc2N(C)C2CCNCC2)cs1. The molecule has 3 aromatic rings. The van der Waals surface area contributed by atoms with E-state index in [0.717, 1.165) is 42.7 Å². The number of anilines is 3. The number of esters is 1. The Morgan fingerprint density at radius 3 is 2.73 bits per heavy atom. The van der Waals surface area contributed by atoms with Gasteiger partial charge in [0.1, 0.15) is 22.6 Å². The number of nitriles is 1. The third-order valence-electron chi connectivity index (χ3n) is 5.53. The van der Waals surface area contributed by atoms with Crippen LogP contribution in [0.2, 0.25) is 0 Å². The highest BCUT2D eigenvalue weighted by Gasteiger charge is 2.22. The molecular formula is C23H25N7O2S. The molecule has 0 saturated carbocycles. The van der Waals surface area contributed by atoms with E-state index in [9.17, 15) is 4.79 Å². The summed E-state index contributed by atoms with van der Waals surface area (Å²) >= 11 is 1.37. The molecule has 4 heterocycles. The largest absolute Gasteiger partial charge is 0.462 e. The van der Waals surface area contributed by atoms with Gasteiger partial charge in [-0.2, -0.15) is 5.26 Å². The van der Waals surface area contributed by atoms with Gasteiger partial charge in [0.25, 0.3) is 0 Å². The summed E-state index contributed by atoms with van der Waals surface area (Å²) in [6.07, 6.45) is 6.82. The van der Waals surface area contributed by atoms with Crippen molar-refractivity contribution >= 4 is 34.6 Å². The molecule has 0 amide bonds. The van der Waals surface area contributed by atoms with E-state index < -0.39 is 0 Å². The average Bonchev–Trinajstić information content (AvgIpc) is 3.35. The predicted octanol–water partition coefficient (Wildman–Crippen LogP) is 3.58. The van der Waals surface area contributed by atoms with Crippen molar-refractivity contribution in [3.05, 3.63) is 46.7 Å². The number of hydrogen-bond donors (Lipinski definition) is 2. The molecule has 0 aliphatic carbocycles. The van der Waals surface area contributed by atoms with Crippen molar-refractivity contribution < 1.29 is 9.53 Å². The first-order valence-electron chi connectivity index (χ1n) is 10.8. The summed E-state index contributed by atoms with van der Waals surface area (Å²) in [7, 11) is 2.10. The minimum atomic E-state index is -0.312. The Labute approximate surface area is 196 Å². The average molecular weight is 464 g/mol. The van der Waals surface area contributed by atoms with E-state index in [1.807, 2.05) is 29.8 Å². The van der Waals surface area contributed by atoms with Crippen LogP contribution in [0.4, 0.5) is 17.3 Å². The Bertz CT molecular complexity index is 1150. The quantitative estimate of drug-likeness (QED) is 0.507. The van der Waals surface area contributed by atoms with E-state index in [-0.39, 0.29) is 11.7 Å². The lowest BCUT2D eigenvalue weighted by Crippen LogP contribution is -2.41. The lowest BCUT2D eigenvalue weighted by Gasteiger charge is -2.34. The van der Waals surface area contributed by atoms with Crippen molar-refractivity contribution in [2.24, 2.45) is 0 Å². The second-order valence-corrected chi connectivity index (χ2v) is 8.53. The van der Waals surface area contributed by atoms with Gasteiger partial charge in [0.15, 0.2) is 5.69 Å². The Hall–Kier alpha value is -3.55. The molecule has 1 saturated heterocycles. The first-order chi connectivity index (χ1) is 16.1. The Balaban J connectivity index is 1.67. The number of carbonyl (C=O) groups excluding carboxylic acids is 1. The lowest BCUT2D eigenvalue weighted by molar-refractivity contribution is 0.0532. The summed E-state index contributed by atoms with van der Waals surface area (Å²) < 4.78 is 5.15. The molecule has 1 aliphatic rings. The molecule has 0 radical (unpaired) electrons. The molecule has 0 aromatic carbocycles. The number of hydrogen-bond acceptors (Lipinski definition) is 10. The van der Waals surface area contributed by atoms with E-state index in [1.54, 1.807) is 6.92 Å². The van der Waals surface area contributed by atoms with Crippen LogP contribution in [0.25, 0.3) is 11.1 Å². The summed E-state index contributed by atoms with van der Waals surface area (Å²) in [4.78, 5) is 27.9. The summed E-state index contributed by atoms with van der Waals surface area (Å²) in [6, 6.07) is 6.19. The zero-order valence-electron chi connectivity index (χ0n) is 18.5. The first kappa shape index (κ1) is 22.6. The Morgan fingerprint density at radius 1 is 1.24 bits per heavy atom. The van der Waals surface area contributed by atoms with Crippen LogP contribution >= 0.6 is 11.3 Å². The van der Waals surface area contributed by atoms with Crippen LogP contribution in [0, 0.1) is 11.3 Å². The van der Waals surface area contributed by atoms with Crippen LogP contribution < -0.4 is 15.5 Å². The number of thiophene rings is 1. The number of pyridine rings is 1. The maximum atomic E-state index is 12.2. The highest BCUT2D eigenvalue weighted by Crippen LogP contribution is 2.36. The molecule has 0 atom stereocenters. The van der Waals surface area contributed by atoms with E-state index in [4.69, 9.17) is 10.00 Å². The predicted molar refractivity (Wildman–Crippen MR) is 128 cm³/mol. The molecular weight excluding hydrogens is 438 g/mol. The molecule has 170 valence electrons. The topological polar surface area (TPSA) is 116 Å². The number of aromatic nitrogens is 3. The molecule has 0 bridgehead atoms. The van der Waals surface area contributed by atoms with E-state index in [1.165, 1.54) is 23.7 Å². The third kappa shape index (κ3) is 5.27. The van der Waals surface area contributed by atoms with Gasteiger partial charge in [0.05, 0.1) is 19.0 Å². The Morgan fingerprint density at radius 2 is 2.03 bits per heavy atom. The zero-order valence-corrected chi connectivity index (χ0v) is 19.4. The van der Waals surface area contributed by atoms with Crippen molar-refractivity contribution in [1.29, 1.82) is 5.26 Å². The second kappa shape index (κ2) is 10.4. The maximum Gasteiger partial charge on any atom is 0.348 e. The van der Waals surface area contributed by atoms with Crippen molar-refractivity contribution in [3.8, 4) is 17.2 Å². The molecule has 4 rings (SSSR count). The van der Waals surface area contributed by atoms with Crippen LogP contribution in [0.1, 0.15) is 35.1 Å². The number of carbonyl (C=O) groups is 1. The first-order valence-corrected chi connectivity index (χ1v) is 11.7. The van der Waals surface area contributed by atoms with Gasteiger partial charge in [-0.3, -0.25) is 0 Å². The van der Waals surface area contributed by atoms with Crippen LogP contribution in [0.5, 0.6) is 0 Å². The number of rotatable bonds is 7. The van der Waals surface area contributed by atoms with E-state index in [2.05, 4.69) is 37.5 Å². The second-order valence-electron chi connectivity index (χ2n) is 7.62. The maximum absolute atomic E-state index is 12.2. The summed E-state index contributed by atoms with van der Waals surface area (Å²) in [5, 5.41) is 17.5. The molecule has 0 unspecified atom stereocenters. The highest BCUT2D eigenvalue weighted by molar-refractivity contribution is 7.12. The lowest BCUT2D eigenvalue weighted by atomic mass is 10.0. The molecule has 33 heavy (non-hydrogen) atoms. The smallest absolute Gasteiger partial charge is 0.348 e. The van der Waals surface area contributed by atoms with Gasteiger partial charge in [0.2, 0.25) is 0 Å². The fourth-order valence-electron chi connectivity index (χ4n) is 3.79. The molecule has 1 aliphatic heterocycles. The molecule has 3 aromatic heterocycles. The molecule has 0 spiro atoms. The summed E-state index contributed by atoms with van der Waals surface area (Å²) in [5.41, 5.74) is 3.13. The molecule has 2 N–H and O–H groups in total. The minimum absolute atomic E-state index is 0.255. The fraction of sp³-hybridized carbons (Fsp3) is 0.348. The summed E-state index contributed by atoms with van der Waals surface area (Å²) in [6.45, 7) is 4.10. The highest BCUT2D eigenvalue weighted by atomic mass is 32.1. The van der Waals surface area contributed by atoms with E-state index in [0.29, 0.717) is 29.2 Å². The number of piperidine rings is 1. The van der Waals surface area contributed by atoms with Crippen molar-refractivity contribution in [3.63, 3.8) is 0 Å². The van der Waals surface area contributed by atoms with Crippen molar-refractivity contribution in [2.45, 2.75) is 25.8 Å². The van der Waals surface area contributed by atoms with Crippen molar-refractivity contribution in [1.82, 2.24) is 20.3 Å². The monoisotopic (exact) mass is 463 g/mol. The van der Waals surface area contributed by atoms with Crippen molar-refractivity contribution in [2.75, 3.05) is 37.0 Å². The van der Waals surface area contributed by atoms with E-state index >= 15 is 0 Å². The molecule has 10 heteroatoms. The normalized spacial score (nSPS) is 13.8. The minimum Gasteiger partial charge on any atom is -0.462 e. The standard InChI is InChI=1S/C23H25N7O2S/c1-3-32-23(31)20-8-15(14-33-20)18-12-28-21(29-22-13-26-16(10-24)11-27-22)9-19(18)30(2)17-4-6-25-7-5-17/h8-9,11-14,17,25H,3-7H2,1-2H3,(H,27,28,29). The summed E-state index contributed by atoms with van der Waals surface area (Å²) in [5.74, 6) is 0.812. The van der Waals surface area contributed by atoms with Gasteiger partial charge >= 0.3 is 5.97 Å². The van der Waals surface area contributed by atoms with Gasteiger partial charge in [-0.1, -0.05) is 0 Å². The number of nitrogens with one attached hydrogen (secondary N) is 2. The fourth-order valence-corrected chi connectivity index (χ4v) is 4.59. The van der Waals surface area contributed by atoms with Gasteiger partial charge < -0.3 is 20.3 Å². The zero-order chi connectivity index (χ0) is 23.2. The van der Waals surface area contributed by atoms with Crippen LogP contribution in [-0.4, -0.2) is 53.7 Å². The number of ether oxygens (including phenoxy) is 1. The van der Waals surface area contributed by atoms with Crippen LogP contribution in [0.15, 0.2) is 36.1 Å².